The van der Waals surface area contributed by atoms with Gasteiger partial charge >= 0.3 is 6.09 Å². The first-order valence-electron chi connectivity index (χ1n) is 8.57. The van der Waals surface area contributed by atoms with Gasteiger partial charge in [-0.25, -0.2) is 9.18 Å². The van der Waals surface area contributed by atoms with E-state index in [9.17, 15) is 9.18 Å². The largest absolute Gasteiger partial charge is 0.450 e. The van der Waals surface area contributed by atoms with Gasteiger partial charge in [0, 0.05) is 16.1 Å². The van der Waals surface area contributed by atoms with Crippen LogP contribution in [0.4, 0.5) is 9.18 Å². The predicted octanol–water partition coefficient (Wildman–Crippen LogP) is 4.94. The second-order valence-corrected chi connectivity index (χ2v) is 7.07. The number of amides is 1. The van der Waals surface area contributed by atoms with Crippen LogP contribution in [0.1, 0.15) is 51.0 Å². The van der Waals surface area contributed by atoms with Crippen molar-refractivity contribution >= 4 is 22.0 Å². The maximum Gasteiger partial charge on any atom is 0.407 e. The molecule has 1 amide bonds. The van der Waals surface area contributed by atoms with Crippen LogP contribution in [0.25, 0.3) is 0 Å². The van der Waals surface area contributed by atoms with Crippen molar-refractivity contribution in [1.82, 2.24) is 5.32 Å². The molecule has 0 aliphatic heterocycles. The predicted molar refractivity (Wildman–Crippen MR) is 94.3 cm³/mol. The van der Waals surface area contributed by atoms with E-state index in [-0.39, 0.29) is 30.7 Å². The molecule has 1 fully saturated rings. The van der Waals surface area contributed by atoms with E-state index in [2.05, 4.69) is 28.2 Å². The Morgan fingerprint density at radius 2 is 2.08 bits per heavy atom. The molecule has 1 aromatic rings. The van der Waals surface area contributed by atoms with Crippen molar-refractivity contribution in [2.75, 3.05) is 6.61 Å². The maximum absolute atomic E-state index is 13.7. The molecule has 134 valence electrons. The number of hydrogen-bond acceptors (Lipinski definition) is 3. The van der Waals surface area contributed by atoms with Crippen molar-refractivity contribution < 1.29 is 18.7 Å². The van der Waals surface area contributed by atoms with Gasteiger partial charge in [-0.3, -0.25) is 0 Å². The fourth-order valence-corrected chi connectivity index (χ4v) is 3.16. The Labute approximate surface area is 151 Å². The first-order chi connectivity index (χ1) is 11.6. The van der Waals surface area contributed by atoms with E-state index in [0.29, 0.717) is 12.2 Å². The molecule has 2 rings (SSSR count). The van der Waals surface area contributed by atoms with Crippen LogP contribution in [-0.4, -0.2) is 24.8 Å². The van der Waals surface area contributed by atoms with Crippen LogP contribution in [0.5, 0.6) is 0 Å². The first kappa shape index (κ1) is 19.2. The standard InChI is InChI=1S/C18H25BrFNO3/c1-2-3-10-23-18(22)21-15-5-7-16(8-6-15)24-12-13-11-14(19)4-9-17(13)20/h4,9,11,15-16H,2-3,5-8,10,12H2,1H3,(H,21,22)/t15-,16-. The van der Waals surface area contributed by atoms with Gasteiger partial charge in [-0.2, -0.15) is 0 Å². The summed E-state index contributed by atoms with van der Waals surface area (Å²) in [6.07, 6.45) is 5.10. The molecule has 0 aromatic heterocycles. The van der Waals surface area contributed by atoms with Crippen molar-refractivity contribution in [3.63, 3.8) is 0 Å². The van der Waals surface area contributed by atoms with E-state index in [1.165, 1.54) is 6.07 Å². The van der Waals surface area contributed by atoms with Crippen LogP contribution >= 0.6 is 15.9 Å². The monoisotopic (exact) mass is 401 g/mol. The highest BCUT2D eigenvalue weighted by atomic mass is 79.9. The number of rotatable bonds is 7. The maximum atomic E-state index is 13.7. The highest BCUT2D eigenvalue weighted by Gasteiger charge is 2.23. The van der Waals surface area contributed by atoms with Crippen LogP contribution in [0, 0.1) is 5.82 Å². The van der Waals surface area contributed by atoms with Gasteiger partial charge in [-0.05, 0) is 50.3 Å². The Hall–Kier alpha value is -1.14. The summed E-state index contributed by atoms with van der Waals surface area (Å²) in [5, 5.41) is 2.91. The lowest BCUT2D eigenvalue weighted by Crippen LogP contribution is -2.39. The number of ether oxygens (including phenoxy) is 2. The topological polar surface area (TPSA) is 47.6 Å². The molecule has 0 heterocycles. The number of carbonyl (C=O) groups is 1. The summed E-state index contributed by atoms with van der Waals surface area (Å²) in [5.41, 5.74) is 0.559. The third-order valence-electron chi connectivity index (χ3n) is 4.21. The van der Waals surface area contributed by atoms with E-state index in [0.717, 1.165) is 43.0 Å². The summed E-state index contributed by atoms with van der Waals surface area (Å²) in [4.78, 5) is 11.6. The van der Waals surface area contributed by atoms with E-state index >= 15 is 0 Å². The van der Waals surface area contributed by atoms with E-state index in [1.54, 1.807) is 12.1 Å². The average molecular weight is 402 g/mol. The van der Waals surface area contributed by atoms with Gasteiger partial charge in [0.15, 0.2) is 0 Å². The van der Waals surface area contributed by atoms with Crippen molar-refractivity contribution in [2.45, 2.75) is 64.2 Å². The van der Waals surface area contributed by atoms with Crippen LogP contribution in [0.2, 0.25) is 0 Å². The zero-order valence-electron chi connectivity index (χ0n) is 14.0. The molecule has 6 heteroatoms. The van der Waals surface area contributed by atoms with Crippen molar-refractivity contribution in [2.24, 2.45) is 0 Å². The summed E-state index contributed by atoms with van der Waals surface area (Å²) in [6.45, 7) is 2.80. The minimum Gasteiger partial charge on any atom is -0.450 e. The van der Waals surface area contributed by atoms with Gasteiger partial charge in [-0.15, -0.1) is 0 Å². The van der Waals surface area contributed by atoms with Crippen LogP contribution in [0.3, 0.4) is 0 Å². The van der Waals surface area contributed by atoms with Gasteiger partial charge in [0.2, 0.25) is 0 Å². The van der Waals surface area contributed by atoms with Crippen molar-refractivity contribution in [1.29, 1.82) is 0 Å². The molecule has 1 aliphatic rings. The van der Waals surface area contributed by atoms with Gasteiger partial charge in [0.25, 0.3) is 0 Å². The van der Waals surface area contributed by atoms with Crippen molar-refractivity contribution in [3.05, 3.63) is 34.1 Å². The number of alkyl carbamates (subject to hydrolysis) is 1. The summed E-state index contributed by atoms with van der Waals surface area (Å²) in [7, 11) is 0. The molecule has 1 aliphatic carbocycles. The van der Waals surface area contributed by atoms with Crippen LogP contribution in [0.15, 0.2) is 22.7 Å². The second kappa shape index (κ2) is 9.99. The third-order valence-corrected chi connectivity index (χ3v) is 4.70. The number of benzene rings is 1. The molecular formula is C18H25BrFNO3. The number of carbonyl (C=O) groups excluding carboxylic acids is 1. The molecule has 24 heavy (non-hydrogen) atoms. The fraction of sp³-hybridized carbons (Fsp3) is 0.611. The Bertz CT molecular complexity index is 533. The number of unbranched alkanes of at least 4 members (excludes halogenated alkanes) is 1. The summed E-state index contributed by atoms with van der Waals surface area (Å²) in [5.74, 6) is -0.247. The zero-order chi connectivity index (χ0) is 17.4. The lowest BCUT2D eigenvalue weighted by molar-refractivity contribution is 0.00984. The molecule has 4 nitrogen and oxygen atoms in total. The van der Waals surface area contributed by atoms with E-state index < -0.39 is 0 Å². The quantitative estimate of drug-likeness (QED) is 0.657. The molecule has 0 atom stereocenters. The van der Waals surface area contributed by atoms with Gasteiger partial charge in [-0.1, -0.05) is 29.3 Å². The molecule has 1 aromatic carbocycles. The van der Waals surface area contributed by atoms with E-state index in [1.807, 2.05) is 0 Å². The number of halogens is 2. The molecule has 1 N–H and O–H groups in total. The van der Waals surface area contributed by atoms with Crippen molar-refractivity contribution in [3.8, 4) is 0 Å². The van der Waals surface area contributed by atoms with Gasteiger partial charge < -0.3 is 14.8 Å². The Morgan fingerprint density at radius 1 is 1.33 bits per heavy atom. The van der Waals surface area contributed by atoms with Gasteiger partial charge in [0.1, 0.15) is 5.82 Å². The molecule has 0 bridgehead atoms. The Morgan fingerprint density at radius 3 is 2.79 bits per heavy atom. The average Bonchev–Trinajstić information content (AvgIpc) is 2.57. The lowest BCUT2D eigenvalue weighted by Gasteiger charge is -2.29. The second-order valence-electron chi connectivity index (χ2n) is 6.15. The third kappa shape index (κ3) is 6.40. The van der Waals surface area contributed by atoms with Crippen LogP contribution in [-0.2, 0) is 16.1 Å². The molecular weight excluding hydrogens is 377 g/mol. The zero-order valence-corrected chi connectivity index (χ0v) is 15.6. The normalized spacial score (nSPS) is 20.6. The first-order valence-corrected chi connectivity index (χ1v) is 9.36. The minimum atomic E-state index is -0.330. The molecule has 1 saturated carbocycles. The molecule has 0 radical (unpaired) electrons. The summed E-state index contributed by atoms with van der Waals surface area (Å²) >= 11 is 3.34. The van der Waals surface area contributed by atoms with E-state index in [4.69, 9.17) is 9.47 Å². The highest BCUT2D eigenvalue weighted by molar-refractivity contribution is 9.10. The Balaban J connectivity index is 1.67. The Kier molecular flexibility index (Phi) is 7.99. The fourth-order valence-electron chi connectivity index (χ4n) is 2.75. The SMILES string of the molecule is CCCCOC(=O)N[C@H]1CC[C@H](OCc2cc(Br)ccc2F)CC1. The minimum absolute atomic E-state index is 0.109. The smallest absolute Gasteiger partial charge is 0.407 e. The number of hydrogen-bond donors (Lipinski definition) is 1. The van der Waals surface area contributed by atoms with Gasteiger partial charge in [0.05, 0.1) is 19.3 Å². The molecule has 0 saturated heterocycles. The molecule has 0 spiro atoms. The molecule has 0 unspecified atom stereocenters. The van der Waals surface area contributed by atoms with Crippen LogP contribution < -0.4 is 5.32 Å². The number of nitrogens with one attached hydrogen (secondary N) is 1. The summed E-state index contributed by atoms with van der Waals surface area (Å²) in [6, 6.07) is 5.00. The lowest BCUT2D eigenvalue weighted by atomic mass is 9.93. The summed E-state index contributed by atoms with van der Waals surface area (Å²) < 4.78 is 25.5. The highest BCUT2D eigenvalue weighted by Crippen LogP contribution is 2.24.